The molecule has 0 aliphatic rings. The van der Waals surface area contributed by atoms with E-state index in [-0.39, 0.29) is 0 Å². The van der Waals surface area contributed by atoms with Crippen LogP contribution in [0.5, 0.6) is 0 Å². The van der Waals surface area contributed by atoms with Gasteiger partial charge in [0.15, 0.2) is 0 Å². The Bertz CT molecular complexity index is 396. The SMILES string of the molecule is O=C=Nc1cccc(N=C=O)c1CBr. The van der Waals surface area contributed by atoms with Crippen molar-refractivity contribution in [3.8, 4) is 0 Å². The molecular formula is C9H5BrN2O2. The highest BCUT2D eigenvalue weighted by molar-refractivity contribution is 9.08. The Morgan fingerprint density at radius 2 is 1.64 bits per heavy atom. The van der Waals surface area contributed by atoms with Crippen molar-refractivity contribution < 1.29 is 9.59 Å². The average molecular weight is 253 g/mol. The topological polar surface area (TPSA) is 58.9 Å². The lowest BCUT2D eigenvalue weighted by Gasteiger charge is -2.02. The predicted octanol–water partition coefficient (Wildman–Crippen LogP) is 2.52. The summed E-state index contributed by atoms with van der Waals surface area (Å²) in [4.78, 5) is 27.2. The lowest BCUT2D eigenvalue weighted by molar-refractivity contribution is 0.565. The van der Waals surface area contributed by atoms with Crippen molar-refractivity contribution in [2.75, 3.05) is 0 Å². The fraction of sp³-hybridized carbons (Fsp3) is 0.111. The maximum absolute atomic E-state index is 10.1. The molecule has 4 nitrogen and oxygen atoms in total. The molecule has 0 amide bonds. The van der Waals surface area contributed by atoms with Crippen molar-refractivity contribution in [3.63, 3.8) is 0 Å². The maximum atomic E-state index is 10.1. The lowest BCUT2D eigenvalue weighted by atomic mass is 10.1. The molecule has 0 saturated carbocycles. The van der Waals surface area contributed by atoms with Crippen molar-refractivity contribution in [2.24, 2.45) is 9.98 Å². The van der Waals surface area contributed by atoms with E-state index in [2.05, 4.69) is 25.9 Å². The van der Waals surface area contributed by atoms with Gasteiger partial charge in [-0.25, -0.2) is 9.59 Å². The first-order chi connectivity index (χ1) is 6.83. The smallest absolute Gasteiger partial charge is 0.211 e. The normalized spacial score (nSPS) is 8.64. The number of alkyl halides is 1. The Morgan fingerprint density at radius 1 is 1.14 bits per heavy atom. The molecule has 0 fully saturated rings. The number of hydrogen-bond donors (Lipinski definition) is 0. The standard InChI is InChI=1S/C9H5BrN2O2/c10-4-7-8(11-5-13)2-1-3-9(7)12-6-14/h1-3H,4H2. The molecule has 1 aromatic rings. The van der Waals surface area contributed by atoms with Crippen molar-refractivity contribution >= 4 is 39.5 Å². The second-order valence-electron chi connectivity index (χ2n) is 2.31. The van der Waals surface area contributed by atoms with Gasteiger partial charge in [-0.2, -0.15) is 9.98 Å². The number of hydrogen-bond acceptors (Lipinski definition) is 4. The van der Waals surface area contributed by atoms with Gasteiger partial charge in [0.25, 0.3) is 0 Å². The highest BCUT2D eigenvalue weighted by atomic mass is 79.9. The molecule has 0 heterocycles. The number of rotatable bonds is 3. The van der Waals surface area contributed by atoms with E-state index < -0.39 is 0 Å². The van der Waals surface area contributed by atoms with E-state index in [1.807, 2.05) is 0 Å². The van der Waals surface area contributed by atoms with Crippen LogP contribution in [0.4, 0.5) is 11.4 Å². The van der Waals surface area contributed by atoms with Crippen LogP contribution >= 0.6 is 15.9 Å². The quantitative estimate of drug-likeness (QED) is 0.472. The van der Waals surface area contributed by atoms with Crippen LogP contribution in [0.2, 0.25) is 0 Å². The zero-order valence-corrected chi connectivity index (χ0v) is 8.61. The van der Waals surface area contributed by atoms with Crippen LogP contribution in [0.25, 0.3) is 0 Å². The first-order valence-corrected chi connectivity index (χ1v) is 4.79. The van der Waals surface area contributed by atoms with Gasteiger partial charge in [-0.3, -0.25) is 0 Å². The molecule has 1 rings (SSSR count). The van der Waals surface area contributed by atoms with Crippen molar-refractivity contribution in [1.29, 1.82) is 0 Å². The van der Waals surface area contributed by atoms with Gasteiger partial charge in [-0.05, 0) is 12.1 Å². The summed E-state index contributed by atoms with van der Waals surface area (Å²) in [7, 11) is 0. The van der Waals surface area contributed by atoms with E-state index in [1.54, 1.807) is 18.2 Å². The van der Waals surface area contributed by atoms with Crippen LogP contribution in [-0.4, -0.2) is 12.2 Å². The number of isocyanates is 2. The third kappa shape index (κ3) is 2.24. The fourth-order valence-corrected chi connectivity index (χ4v) is 1.58. The lowest BCUT2D eigenvalue weighted by Crippen LogP contribution is -1.80. The minimum Gasteiger partial charge on any atom is -0.211 e. The van der Waals surface area contributed by atoms with Crippen LogP contribution in [-0.2, 0) is 14.9 Å². The van der Waals surface area contributed by atoms with E-state index in [1.165, 1.54) is 12.2 Å². The Kier molecular flexibility index (Phi) is 3.95. The molecule has 0 N–H and O–H groups in total. The van der Waals surface area contributed by atoms with Gasteiger partial charge >= 0.3 is 0 Å². The molecule has 0 radical (unpaired) electrons. The number of aliphatic imine (C=N–C) groups is 2. The van der Waals surface area contributed by atoms with E-state index in [4.69, 9.17) is 0 Å². The molecule has 0 unspecified atom stereocenters. The highest BCUT2D eigenvalue weighted by Crippen LogP contribution is 2.30. The predicted molar refractivity (Wildman–Crippen MR) is 54.6 cm³/mol. The molecule has 14 heavy (non-hydrogen) atoms. The third-order valence-corrected chi connectivity index (χ3v) is 2.15. The van der Waals surface area contributed by atoms with E-state index in [0.29, 0.717) is 22.3 Å². The van der Waals surface area contributed by atoms with E-state index in [9.17, 15) is 9.59 Å². The largest absolute Gasteiger partial charge is 0.240 e. The summed E-state index contributed by atoms with van der Waals surface area (Å²) in [5.41, 5.74) is 1.57. The van der Waals surface area contributed by atoms with Gasteiger partial charge in [0.1, 0.15) is 0 Å². The molecule has 5 heteroatoms. The minimum atomic E-state index is 0.452. The Hall–Kier alpha value is -1.54. The zero-order chi connectivity index (χ0) is 10.4. The molecule has 0 saturated heterocycles. The van der Waals surface area contributed by atoms with Crippen LogP contribution in [0.15, 0.2) is 28.2 Å². The molecular weight excluding hydrogens is 248 g/mol. The molecule has 0 bridgehead atoms. The summed E-state index contributed by atoms with van der Waals surface area (Å²) in [6.45, 7) is 0. The Morgan fingerprint density at radius 3 is 2.00 bits per heavy atom. The second-order valence-corrected chi connectivity index (χ2v) is 2.88. The third-order valence-electron chi connectivity index (χ3n) is 1.59. The van der Waals surface area contributed by atoms with Crippen molar-refractivity contribution in [2.45, 2.75) is 5.33 Å². The summed E-state index contributed by atoms with van der Waals surface area (Å²) < 4.78 is 0. The van der Waals surface area contributed by atoms with Gasteiger partial charge in [-0.15, -0.1) is 0 Å². The molecule has 0 spiro atoms. The van der Waals surface area contributed by atoms with Crippen molar-refractivity contribution in [1.82, 2.24) is 0 Å². The average Bonchev–Trinajstić information content (AvgIpc) is 2.19. The molecule has 0 aromatic heterocycles. The highest BCUT2D eigenvalue weighted by Gasteiger charge is 2.05. The van der Waals surface area contributed by atoms with Gasteiger partial charge in [-0.1, -0.05) is 22.0 Å². The van der Waals surface area contributed by atoms with Crippen LogP contribution in [0.3, 0.4) is 0 Å². The Labute approximate surface area is 88.5 Å². The summed E-state index contributed by atoms with van der Waals surface area (Å²) in [6, 6.07) is 4.94. The van der Waals surface area contributed by atoms with Gasteiger partial charge in [0.2, 0.25) is 12.2 Å². The number of nitrogens with zero attached hydrogens (tertiary/aromatic N) is 2. The molecule has 1 aromatic carbocycles. The first-order valence-electron chi connectivity index (χ1n) is 3.67. The summed E-state index contributed by atoms with van der Waals surface area (Å²) in [5.74, 6) is 0. The first kappa shape index (κ1) is 10.5. The van der Waals surface area contributed by atoms with Gasteiger partial charge in [0.05, 0.1) is 11.4 Å². The van der Waals surface area contributed by atoms with Crippen molar-refractivity contribution in [3.05, 3.63) is 23.8 Å². The summed E-state index contributed by atoms with van der Waals surface area (Å²) >= 11 is 3.22. The number of carbonyl (C=O) groups excluding carboxylic acids is 2. The number of halogens is 1. The molecule has 70 valence electrons. The Balaban J connectivity index is 3.38. The van der Waals surface area contributed by atoms with Crippen LogP contribution < -0.4 is 0 Å². The zero-order valence-electron chi connectivity index (χ0n) is 7.03. The minimum absolute atomic E-state index is 0.452. The fourth-order valence-electron chi connectivity index (χ4n) is 1.01. The van der Waals surface area contributed by atoms with E-state index in [0.717, 1.165) is 0 Å². The van der Waals surface area contributed by atoms with Crippen LogP contribution in [0.1, 0.15) is 5.56 Å². The molecule has 0 atom stereocenters. The summed E-state index contributed by atoms with van der Waals surface area (Å²) in [5, 5.41) is 0.453. The number of benzene rings is 1. The van der Waals surface area contributed by atoms with Gasteiger partial charge in [0, 0.05) is 10.9 Å². The summed E-state index contributed by atoms with van der Waals surface area (Å²) in [6.07, 6.45) is 2.88. The second kappa shape index (κ2) is 5.25. The monoisotopic (exact) mass is 252 g/mol. The van der Waals surface area contributed by atoms with E-state index >= 15 is 0 Å². The van der Waals surface area contributed by atoms with Crippen LogP contribution in [0, 0.1) is 0 Å². The maximum Gasteiger partial charge on any atom is 0.240 e. The van der Waals surface area contributed by atoms with Gasteiger partial charge < -0.3 is 0 Å². The molecule has 0 aliphatic carbocycles. The molecule has 0 aliphatic heterocycles.